The number of ether oxygens (including phenoxy) is 2. The Morgan fingerprint density at radius 3 is 2.25 bits per heavy atom. The van der Waals surface area contributed by atoms with Crippen molar-refractivity contribution >= 4 is 6.09 Å². The third kappa shape index (κ3) is 4.08. The number of rotatable bonds is 4. The summed E-state index contributed by atoms with van der Waals surface area (Å²) in [7, 11) is 0. The van der Waals surface area contributed by atoms with Gasteiger partial charge in [0, 0.05) is 12.3 Å². The van der Waals surface area contributed by atoms with E-state index in [0.29, 0.717) is 38.0 Å². The van der Waals surface area contributed by atoms with Crippen LogP contribution in [0.3, 0.4) is 0 Å². The SMILES string of the molecule is Cc1ccc(CC2(O)CC3COCC(C2)N3C(=O)OCC2c3ccccc3-c3ccccc32)cc1F. The number of morpholine rings is 1. The predicted molar refractivity (Wildman–Crippen MR) is 134 cm³/mol. The number of amides is 1. The summed E-state index contributed by atoms with van der Waals surface area (Å²) >= 11 is 0. The van der Waals surface area contributed by atoms with Gasteiger partial charge in [0.25, 0.3) is 0 Å². The Morgan fingerprint density at radius 1 is 1.03 bits per heavy atom. The van der Waals surface area contributed by atoms with Crippen molar-refractivity contribution in [2.24, 2.45) is 0 Å². The molecular formula is C30H30FNO4. The van der Waals surface area contributed by atoms with Gasteiger partial charge in [-0.15, -0.1) is 0 Å². The van der Waals surface area contributed by atoms with Crippen LogP contribution in [0, 0.1) is 12.7 Å². The van der Waals surface area contributed by atoms with E-state index < -0.39 is 5.60 Å². The van der Waals surface area contributed by atoms with Crippen LogP contribution in [0.2, 0.25) is 0 Å². The minimum atomic E-state index is -1.03. The highest BCUT2D eigenvalue weighted by Gasteiger charge is 2.48. The first-order chi connectivity index (χ1) is 17.4. The lowest BCUT2D eigenvalue weighted by Crippen LogP contribution is -2.64. The predicted octanol–water partition coefficient (Wildman–Crippen LogP) is 5.22. The zero-order chi connectivity index (χ0) is 24.9. The molecule has 6 heteroatoms. The third-order valence-corrected chi connectivity index (χ3v) is 7.95. The Bertz CT molecular complexity index is 1250. The maximum atomic E-state index is 14.1. The molecule has 2 atom stereocenters. The van der Waals surface area contributed by atoms with Gasteiger partial charge in [-0.25, -0.2) is 9.18 Å². The molecule has 3 aromatic carbocycles. The van der Waals surface area contributed by atoms with Crippen molar-refractivity contribution in [3.63, 3.8) is 0 Å². The summed E-state index contributed by atoms with van der Waals surface area (Å²) in [6.45, 7) is 2.69. The second kappa shape index (κ2) is 9.02. The Labute approximate surface area is 210 Å². The topological polar surface area (TPSA) is 59.0 Å². The van der Waals surface area contributed by atoms with Crippen LogP contribution in [0.15, 0.2) is 66.7 Å². The fourth-order valence-electron chi connectivity index (χ4n) is 6.31. The van der Waals surface area contributed by atoms with E-state index in [1.54, 1.807) is 17.9 Å². The van der Waals surface area contributed by atoms with Gasteiger partial charge in [0.15, 0.2) is 0 Å². The maximum Gasteiger partial charge on any atom is 0.410 e. The Balaban J connectivity index is 1.17. The molecular weight excluding hydrogens is 457 g/mol. The zero-order valence-electron chi connectivity index (χ0n) is 20.3. The van der Waals surface area contributed by atoms with E-state index in [9.17, 15) is 14.3 Å². The number of nitrogens with zero attached hydrogens (tertiary/aromatic N) is 1. The molecule has 0 aromatic heterocycles. The molecule has 0 saturated carbocycles. The fraction of sp³-hybridized carbons (Fsp3) is 0.367. The lowest BCUT2D eigenvalue weighted by Gasteiger charge is -2.51. The van der Waals surface area contributed by atoms with Crippen LogP contribution >= 0.6 is 0 Å². The Kier molecular flexibility index (Phi) is 5.81. The van der Waals surface area contributed by atoms with E-state index in [4.69, 9.17) is 9.47 Å². The van der Waals surface area contributed by atoms with Crippen LogP contribution in [-0.4, -0.2) is 53.6 Å². The summed E-state index contributed by atoms with van der Waals surface area (Å²) in [5.41, 5.74) is 5.04. The van der Waals surface area contributed by atoms with E-state index in [1.807, 2.05) is 30.3 Å². The van der Waals surface area contributed by atoms with Crippen molar-refractivity contribution in [1.82, 2.24) is 4.90 Å². The molecule has 5 nitrogen and oxygen atoms in total. The standard InChI is InChI=1S/C30H30FNO4/c1-19-10-11-20(12-28(19)31)13-30(34)14-21-16-35-17-22(15-30)32(21)29(33)36-18-27-25-8-4-2-6-23(25)24-7-3-5-9-26(24)27/h2-12,21-22,27,34H,13-18H2,1H3. The molecule has 2 fully saturated rings. The van der Waals surface area contributed by atoms with Crippen molar-refractivity contribution in [1.29, 1.82) is 0 Å². The number of piperidine rings is 1. The van der Waals surface area contributed by atoms with E-state index >= 15 is 0 Å². The number of aliphatic hydroxyl groups is 1. The molecule has 1 amide bonds. The highest BCUT2D eigenvalue weighted by molar-refractivity contribution is 5.79. The van der Waals surface area contributed by atoms with Gasteiger partial charge in [-0.2, -0.15) is 0 Å². The number of carbonyl (C=O) groups is 1. The van der Waals surface area contributed by atoms with Crippen LogP contribution in [0.25, 0.3) is 11.1 Å². The van der Waals surface area contributed by atoms with Crippen molar-refractivity contribution in [3.8, 4) is 11.1 Å². The number of benzene rings is 3. The average Bonchev–Trinajstić information content (AvgIpc) is 3.18. The summed E-state index contributed by atoms with van der Waals surface area (Å²) in [6.07, 6.45) is 0.709. The number of fused-ring (bicyclic) bond motifs is 5. The molecule has 2 unspecified atom stereocenters. The molecule has 0 spiro atoms. The van der Waals surface area contributed by atoms with Gasteiger partial charge in [-0.1, -0.05) is 60.7 Å². The van der Waals surface area contributed by atoms with Gasteiger partial charge < -0.3 is 14.6 Å². The van der Waals surface area contributed by atoms with Crippen LogP contribution < -0.4 is 0 Å². The Morgan fingerprint density at radius 2 is 1.64 bits per heavy atom. The van der Waals surface area contributed by atoms with E-state index in [0.717, 1.165) is 5.56 Å². The number of hydrogen-bond donors (Lipinski definition) is 1. The molecule has 0 radical (unpaired) electrons. The van der Waals surface area contributed by atoms with Gasteiger partial charge in [0.05, 0.1) is 30.9 Å². The highest BCUT2D eigenvalue weighted by atomic mass is 19.1. The smallest absolute Gasteiger partial charge is 0.410 e. The fourth-order valence-corrected chi connectivity index (χ4v) is 6.31. The monoisotopic (exact) mass is 487 g/mol. The van der Waals surface area contributed by atoms with Crippen molar-refractivity contribution in [2.75, 3.05) is 19.8 Å². The van der Waals surface area contributed by atoms with E-state index in [1.165, 1.54) is 28.3 Å². The van der Waals surface area contributed by atoms with Crippen LogP contribution in [0.4, 0.5) is 9.18 Å². The van der Waals surface area contributed by atoms with Gasteiger partial charge in [-0.3, -0.25) is 4.90 Å². The molecule has 2 heterocycles. The van der Waals surface area contributed by atoms with Gasteiger partial charge in [-0.05, 0) is 59.2 Å². The van der Waals surface area contributed by atoms with Crippen LogP contribution in [0.1, 0.15) is 41.0 Å². The molecule has 2 bridgehead atoms. The molecule has 2 saturated heterocycles. The van der Waals surface area contributed by atoms with Crippen LogP contribution in [-0.2, 0) is 15.9 Å². The quantitative estimate of drug-likeness (QED) is 0.548. The molecule has 1 N–H and O–H groups in total. The van der Waals surface area contributed by atoms with Gasteiger partial charge in [0.2, 0.25) is 0 Å². The van der Waals surface area contributed by atoms with E-state index in [2.05, 4.69) is 24.3 Å². The van der Waals surface area contributed by atoms with Crippen LogP contribution in [0.5, 0.6) is 0 Å². The van der Waals surface area contributed by atoms with Crippen molar-refractivity contribution < 1.29 is 23.8 Å². The summed E-state index contributed by atoms with van der Waals surface area (Å²) in [5, 5.41) is 11.5. The lowest BCUT2D eigenvalue weighted by atomic mass is 9.77. The number of hydrogen-bond acceptors (Lipinski definition) is 4. The first-order valence-electron chi connectivity index (χ1n) is 12.6. The second-order valence-corrected chi connectivity index (χ2v) is 10.4. The third-order valence-electron chi connectivity index (χ3n) is 7.95. The Hall–Kier alpha value is -3.22. The molecule has 6 rings (SSSR count). The number of halogens is 1. The number of aryl methyl sites for hydroxylation is 1. The minimum absolute atomic E-state index is 0.00408. The molecule has 186 valence electrons. The maximum absolute atomic E-state index is 14.1. The van der Waals surface area contributed by atoms with Gasteiger partial charge >= 0.3 is 6.09 Å². The molecule has 1 aliphatic carbocycles. The largest absolute Gasteiger partial charge is 0.448 e. The van der Waals surface area contributed by atoms with E-state index in [-0.39, 0.29) is 36.5 Å². The highest BCUT2D eigenvalue weighted by Crippen LogP contribution is 2.45. The summed E-state index contributed by atoms with van der Waals surface area (Å²) in [5.74, 6) is -0.272. The molecule has 2 aliphatic heterocycles. The normalized spacial score (nSPS) is 24.8. The summed E-state index contributed by atoms with van der Waals surface area (Å²) in [6, 6.07) is 21.1. The first-order valence-corrected chi connectivity index (χ1v) is 12.6. The molecule has 3 aromatic rings. The molecule has 36 heavy (non-hydrogen) atoms. The van der Waals surface area contributed by atoms with Crippen molar-refractivity contribution in [2.45, 2.75) is 49.8 Å². The average molecular weight is 488 g/mol. The summed E-state index contributed by atoms with van der Waals surface area (Å²) < 4.78 is 25.8. The van der Waals surface area contributed by atoms with Gasteiger partial charge in [0.1, 0.15) is 12.4 Å². The summed E-state index contributed by atoms with van der Waals surface area (Å²) in [4.78, 5) is 15.1. The first kappa shape index (κ1) is 23.2. The zero-order valence-corrected chi connectivity index (χ0v) is 20.3. The van der Waals surface area contributed by atoms with Crippen molar-refractivity contribution in [3.05, 3.63) is 94.8 Å². The second-order valence-electron chi connectivity index (χ2n) is 10.4. The molecule has 3 aliphatic rings. The number of carbonyl (C=O) groups excluding carboxylic acids is 1. The lowest BCUT2D eigenvalue weighted by molar-refractivity contribution is -0.132. The minimum Gasteiger partial charge on any atom is -0.448 e.